The molecule has 0 spiro atoms. The molecule has 0 fully saturated rings. The number of hydrogen-bond acceptors (Lipinski definition) is 6. The summed E-state index contributed by atoms with van der Waals surface area (Å²) in [5.41, 5.74) is 9.83. The van der Waals surface area contributed by atoms with Crippen molar-refractivity contribution in [1.29, 1.82) is 0 Å². The average molecular weight is 701 g/mol. The minimum absolute atomic E-state index is 0.709. The highest BCUT2D eigenvalue weighted by atomic mass is 32.2. The van der Waals surface area contributed by atoms with Crippen molar-refractivity contribution in [3.05, 3.63) is 170 Å². The summed E-state index contributed by atoms with van der Waals surface area (Å²) in [4.78, 5) is 20.5. The summed E-state index contributed by atoms with van der Waals surface area (Å²) in [5.74, 6) is 1.42. The van der Waals surface area contributed by atoms with Crippen LogP contribution < -0.4 is 0 Å². The molecule has 10 aromatic rings. The Morgan fingerprint density at radius 1 is 0.308 bits per heavy atom. The minimum Gasteiger partial charge on any atom is -0.228 e. The van der Waals surface area contributed by atoms with Crippen LogP contribution in [-0.2, 0) is 0 Å². The Balaban J connectivity index is 1.13. The normalized spacial score (nSPS) is 11.5. The maximum Gasteiger partial charge on any atom is 0.160 e. The van der Waals surface area contributed by atoms with Gasteiger partial charge >= 0.3 is 0 Å². The fourth-order valence-electron chi connectivity index (χ4n) is 6.77. The van der Waals surface area contributed by atoms with Crippen molar-refractivity contribution in [2.24, 2.45) is 0 Å². The van der Waals surface area contributed by atoms with E-state index < -0.39 is 0 Å². The molecule has 0 radical (unpaired) electrons. The first-order valence-corrected chi connectivity index (χ1v) is 18.8. The van der Waals surface area contributed by atoms with Crippen molar-refractivity contribution in [2.45, 2.75) is 0 Å². The molecule has 6 aromatic carbocycles. The zero-order valence-electron chi connectivity index (χ0n) is 27.8. The highest BCUT2D eigenvalue weighted by Gasteiger charge is 2.18. The van der Waals surface area contributed by atoms with Crippen LogP contribution in [0, 0.1) is 0 Å². The lowest BCUT2D eigenvalue weighted by Gasteiger charge is -2.10. The summed E-state index contributed by atoms with van der Waals surface area (Å²) in [7, 11) is 0. The van der Waals surface area contributed by atoms with Crippen molar-refractivity contribution in [3.63, 3.8) is 0 Å². The summed E-state index contributed by atoms with van der Waals surface area (Å²) < 4.78 is 3.79. The fourth-order valence-corrected chi connectivity index (χ4v) is 9.34. The Morgan fingerprint density at radius 3 is 0.962 bits per heavy atom. The van der Waals surface area contributed by atoms with E-state index in [1.807, 2.05) is 46.9 Å². The smallest absolute Gasteiger partial charge is 0.160 e. The lowest BCUT2D eigenvalue weighted by molar-refractivity contribution is 1.18. The third kappa shape index (κ3) is 5.55. The van der Waals surface area contributed by atoms with Gasteiger partial charge in [0.25, 0.3) is 0 Å². The zero-order chi connectivity index (χ0) is 34.4. The molecule has 0 aliphatic carbocycles. The number of aromatic nitrogens is 4. The molecule has 0 bridgehead atoms. The van der Waals surface area contributed by atoms with E-state index in [9.17, 15) is 0 Å². The molecule has 0 aliphatic heterocycles. The van der Waals surface area contributed by atoms with Crippen molar-refractivity contribution in [1.82, 2.24) is 19.9 Å². The third-order valence-electron chi connectivity index (χ3n) is 9.35. The van der Waals surface area contributed by atoms with E-state index in [0.717, 1.165) is 56.2 Å². The van der Waals surface area contributed by atoms with Gasteiger partial charge in [-0.3, -0.25) is 0 Å². The summed E-state index contributed by atoms with van der Waals surface area (Å²) >= 11 is 3.68. The van der Waals surface area contributed by atoms with Gasteiger partial charge in [0.1, 0.15) is 0 Å². The fraction of sp³-hybridized carbons (Fsp3) is 0. The van der Waals surface area contributed by atoms with Crippen LogP contribution in [0.15, 0.2) is 170 Å². The molecule has 0 unspecified atom stereocenters. The van der Waals surface area contributed by atoms with Gasteiger partial charge in [-0.1, -0.05) is 121 Å². The Hall–Kier alpha value is -6.34. The molecule has 0 saturated heterocycles. The second kappa shape index (κ2) is 12.8. The second-order valence-electron chi connectivity index (χ2n) is 12.7. The monoisotopic (exact) mass is 700 g/mol. The number of rotatable bonds is 6. The van der Waals surface area contributed by atoms with Crippen LogP contribution in [0.1, 0.15) is 0 Å². The molecule has 4 aromatic heterocycles. The topological polar surface area (TPSA) is 51.6 Å². The molecule has 0 aliphatic rings. The number of thiophene rings is 2. The minimum atomic E-state index is 0.709. The maximum absolute atomic E-state index is 5.12. The summed E-state index contributed by atoms with van der Waals surface area (Å²) in [6.07, 6.45) is 0. The van der Waals surface area contributed by atoms with E-state index in [1.54, 1.807) is 0 Å². The van der Waals surface area contributed by atoms with Gasteiger partial charge in [0.05, 0.1) is 26.8 Å². The van der Waals surface area contributed by atoms with Crippen molar-refractivity contribution in [3.8, 4) is 67.8 Å². The van der Waals surface area contributed by atoms with Crippen LogP contribution >= 0.6 is 22.7 Å². The van der Waals surface area contributed by atoms with Crippen molar-refractivity contribution in [2.75, 3.05) is 0 Å². The summed E-state index contributed by atoms with van der Waals surface area (Å²) in [5, 5.41) is 3.67. The Labute approximate surface area is 308 Å². The first-order valence-electron chi connectivity index (χ1n) is 17.1. The van der Waals surface area contributed by atoms with Crippen LogP contribution in [0.5, 0.6) is 0 Å². The van der Waals surface area contributed by atoms with E-state index in [2.05, 4.69) is 146 Å². The van der Waals surface area contributed by atoms with Crippen LogP contribution in [0.3, 0.4) is 0 Å². The SMILES string of the molecule is c1ccc(-c2cc(-c3ccccc3)nc(-c3ccc4sc5sc6ccc(-c7nc(-c8ccccc8)cc(-c8ccccc8)n7)cc6c5c4c3)n2)cc1. The number of nitrogens with zero attached hydrogens (tertiary/aromatic N) is 4. The number of fused-ring (bicyclic) bond motifs is 5. The molecule has 244 valence electrons. The molecular formula is C46H28N4S2. The summed E-state index contributed by atoms with van der Waals surface area (Å²) in [6.45, 7) is 0. The first-order chi connectivity index (χ1) is 25.7. The van der Waals surface area contributed by atoms with Crippen LogP contribution in [-0.4, -0.2) is 19.9 Å². The number of benzene rings is 6. The van der Waals surface area contributed by atoms with E-state index in [0.29, 0.717) is 11.6 Å². The molecule has 0 atom stereocenters. The molecule has 0 amide bonds. The van der Waals surface area contributed by atoms with Gasteiger partial charge in [0.15, 0.2) is 11.6 Å². The summed E-state index contributed by atoms with van der Waals surface area (Å²) in [6, 6.07) is 58.8. The Bertz CT molecular complexity index is 2570. The standard InChI is InChI=1S/C46H28N4S2/c1-5-13-29(14-6-1)37-27-38(30-15-7-2-8-16-30)48-44(47-37)33-21-23-41-35(25-33)43-36-26-34(22-24-42(36)52-46(43)51-41)45-49-39(31-17-9-3-10-18-31)28-40(50-45)32-19-11-4-12-20-32/h1-28H. The van der Waals surface area contributed by atoms with E-state index >= 15 is 0 Å². The van der Waals surface area contributed by atoms with Gasteiger partial charge < -0.3 is 0 Å². The largest absolute Gasteiger partial charge is 0.228 e. The quantitative estimate of drug-likeness (QED) is 0.173. The molecule has 4 nitrogen and oxygen atoms in total. The number of hydrogen-bond donors (Lipinski definition) is 0. The molecule has 52 heavy (non-hydrogen) atoms. The van der Waals surface area contributed by atoms with Gasteiger partial charge in [-0.15, -0.1) is 22.7 Å². The Kier molecular flexibility index (Phi) is 7.48. The van der Waals surface area contributed by atoms with Crippen molar-refractivity contribution < 1.29 is 0 Å². The Morgan fingerprint density at radius 2 is 0.635 bits per heavy atom. The predicted octanol–water partition coefficient (Wildman–Crippen LogP) is 12.9. The molecule has 0 saturated carbocycles. The highest BCUT2D eigenvalue weighted by molar-refractivity contribution is 7.44. The van der Waals surface area contributed by atoms with Crippen molar-refractivity contribution >= 4 is 52.2 Å². The van der Waals surface area contributed by atoms with E-state index in [-0.39, 0.29) is 0 Å². The highest BCUT2D eigenvalue weighted by Crippen LogP contribution is 2.46. The molecular weight excluding hydrogens is 673 g/mol. The van der Waals surface area contributed by atoms with Gasteiger partial charge in [-0.2, -0.15) is 0 Å². The maximum atomic E-state index is 5.12. The lowest BCUT2D eigenvalue weighted by Crippen LogP contribution is -1.96. The van der Waals surface area contributed by atoms with E-state index in [4.69, 9.17) is 19.9 Å². The van der Waals surface area contributed by atoms with Crippen LogP contribution in [0.4, 0.5) is 0 Å². The molecule has 0 N–H and O–H groups in total. The predicted molar refractivity (Wildman–Crippen MR) is 219 cm³/mol. The second-order valence-corrected chi connectivity index (χ2v) is 15.0. The molecule has 6 heteroatoms. The lowest BCUT2D eigenvalue weighted by atomic mass is 10.0. The van der Waals surface area contributed by atoms with Gasteiger partial charge in [0.2, 0.25) is 0 Å². The van der Waals surface area contributed by atoms with Crippen LogP contribution in [0.2, 0.25) is 0 Å². The van der Waals surface area contributed by atoms with E-state index in [1.165, 1.54) is 29.6 Å². The van der Waals surface area contributed by atoms with Gasteiger partial charge in [-0.25, -0.2) is 19.9 Å². The first kappa shape index (κ1) is 30.5. The molecule has 4 heterocycles. The average Bonchev–Trinajstić information content (AvgIpc) is 3.77. The van der Waals surface area contributed by atoms with Crippen LogP contribution in [0.25, 0.3) is 97.4 Å². The van der Waals surface area contributed by atoms with Gasteiger partial charge in [0, 0.05) is 58.9 Å². The zero-order valence-corrected chi connectivity index (χ0v) is 29.4. The van der Waals surface area contributed by atoms with Gasteiger partial charge in [-0.05, 0) is 48.5 Å². The third-order valence-corrected chi connectivity index (χ3v) is 11.8. The molecule has 10 rings (SSSR count).